The van der Waals surface area contributed by atoms with Crippen LogP contribution in [0.1, 0.15) is 44.1 Å². The van der Waals surface area contributed by atoms with E-state index in [1.807, 2.05) is 38.1 Å². The first-order valence-corrected chi connectivity index (χ1v) is 8.22. The second-order valence-corrected chi connectivity index (χ2v) is 5.71. The average Bonchev–Trinajstić information content (AvgIpc) is 2.57. The van der Waals surface area contributed by atoms with Gasteiger partial charge in [-0.05, 0) is 44.5 Å². The molecule has 0 aliphatic heterocycles. The van der Waals surface area contributed by atoms with E-state index in [0.717, 1.165) is 24.3 Å². The van der Waals surface area contributed by atoms with Gasteiger partial charge in [0.15, 0.2) is 0 Å². The number of anilines is 2. The quantitative estimate of drug-likeness (QED) is 0.725. The molecule has 1 aromatic carbocycles. The Morgan fingerprint density at radius 2 is 1.92 bits per heavy atom. The van der Waals surface area contributed by atoms with Crippen LogP contribution in [0.4, 0.5) is 11.5 Å². The molecule has 1 amide bonds. The Labute approximate surface area is 142 Å². The highest BCUT2D eigenvalue weighted by molar-refractivity contribution is 5.92. The third-order valence-electron chi connectivity index (χ3n) is 3.20. The molecule has 0 spiro atoms. The molecule has 1 heterocycles. The smallest absolute Gasteiger partial charge is 0.271 e. The number of carbonyl (C=O) groups is 1. The number of rotatable bonds is 8. The number of aromatic nitrogens is 2. The van der Waals surface area contributed by atoms with Crippen molar-refractivity contribution in [3.05, 3.63) is 42.4 Å². The van der Waals surface area contributed by atoms with Gasteiger partial charge >= 0.3 is 0 Å². The maximum absolute atomic E-state index is 11.9. The Balaban J connectivity index is 1.92. The third-order valence-corrected chi connectivity index (χ3v) is 3.20. The second kappa shape index (κ2) is 8.86. The summed E-state index contributed by atoms with van der Waals surface area (Å²) in [5.74, 6) is 1.20. The van der Waals surface area contributed by atoms with Gasteiger partial charge in [0.05, 0.1) is 18.5 Å². The largest absolute Gasteiger partial charge is 0.491 e. The predicted molar refractivity (Wildman–Crippen MR) is 94.8 cm³/mol. The highest BCUT2D eigenvalue weighted by Gasteiger charge is 2.07. The van der Waals surface area contributed by atoms with Gasteiger partial charge in [-0.25, -0.2) is 9.97 Å². The summed E-state index contributed by atoms with van der Waals surface area (Å²) in [6, 6.07) is 7.60. The van der Waals surface area contributed by atoms with Crippen LogP contribution >= 0.6 is 0 Å². The lowest BCUT2D eigenvalue weighted by atomic mass is 10.3. The number of unbranched alkanes of at least 4 members (excludes halogenated alkanes) is 1. The van der Waals surface area contributed by atoms with Crippen LogP contribution in [0.5, 0.6) is 5.75 Å². The average molecular weight is 328 g/mol. The van der Waals surface area contributed by atoms with Crippen molar-refractivity contribution in [3.8, 4) is 5.75 Å². The summed E-state index contributed by atoms with van der Waals surface area (Å²) in [5.41, 5.74) is 1.19. The minimum absolute atomic E-state index is 0.144. The van der Waals surface area contributed by atoms with Crippen LogP contribution in [-0.2, 0) is 0 Å². The van der Waals surface area contributed by atoms with E-state index in [1.54, 1.807) is 6.20 Å². The molecular formula is C18H24N4O2. The van der Waals surface area contributed by atoms with Gasteiger partial charge in [0.2, 0.25) is 0 Å². The summed E-state index contributed by atoms with van der Waals surface area (Å²) >= 11 is 0. The molecule has 0 aliphatic carbocycles. The van der Waals surface area contributed by atoms with Gasteiger partial charge in [-0.3, -0.25) is 4.79 Å². The number of hydrogen-bond acceptors (Lipinski definition) is 5. The number of ether oxygens (including phenoxy) is 1. The molecule has 128 valence electrons. The van der Waals surface area contributed by atoms with Crippen molar-refractivity contribution < 1.29 is 9.53 Å². The van der Waals surface area contributed by atoms with Gasteiger partial charge in [0.25, 0.3) is 5.91 Å². The van der Waals surface area contributed by atoms with Crippen LogP contribution in [0.15, 0.2) is 36.7 Å². The summed E-state index contributed by atoms with van der Waals surface area (Å²) in [5, 5.41) is 5.96. The first kappa shape index (κ1) is 17.7. The van der Waals surface area contributed by atoms with Gasteiger partial charge in [0, 0.05) is 12.2 Å². The van der Waals surface area contributed by atoms with Crippen molar-refractivity contribution in [2.24, 2.45) is 0 Å². The van der Waals surface area contributed by atoms with E-state index in [-0.39, 0.29) is 12.0 Å². The Morgan fingerprint density at radius 3 is 2.50 bits per heavy atom. The summed E-state index contributed by atoms with van der Waals surface area (Å²) in [6.45, 7) is 6.71. The van der Waals surface area contributed by atoms with E-state index in [1.165, 1.54) is 6.20 Å². The molecule has 1 aromatic heterocycles. The number of amides is 1. The zero-order valence-electron chi connectivity index (χ0n) is 14.4. The van der Waals surface area contributed by atoms with Gasteiger partial charge in [-0.15, -0.1) is 0 Å². The Hall–Kier alpha value is -2.63. The third kappa shape index (κ3) is 5.53. The van der Waals surface area contributed by atoms with Crippen LogP contribution in [0, 0.1) is 0 Å². The molecule has 6 nitrogen and oxygen atoms in total. The number of nitrogens with zero attached hydrogens (tertiary/aromatic N) is 2. The highest BCUT2D eigenvalue weighted by Crippen LogP contribution is 2.19. The summed E-state index contributed by atoms with van der Waals surface area (Å²) in [7, 11) is 0. The van der Waals surface area contributed by atoms with Crippen molar-refractivity contribution in [2.75, 3.05) is 11.9 Å². The maximum Gasteiger partial charge on any atom is 0.271 e. The number of carbonyl (C=O) groups excluding carboxylic acids is 1. The fraction of sp³-hybridized carbons (Fsp3) is 0.389. The molecule has 0 atom stereocenters. The van der Waals surface area contributed by atoms with Crippen molar-refractivity contribution in [1.29, 1.82) is 0 Å². The van der Waals surface area contributed by atoms with E-state index < -0.39 is 0 Å². The fourth-order valence-electron chi connectivity index (χ4n) is 2.02. The first-order valence-electron chi connectivity index (χ1n) is 8.22. The van der Waals surface area contributed by atoms with E-state index in [4.69, 9.17) is 4.74 Å². The SMILES string of the molecule is CCCCNC(=O)c1cnc(Nc2ccc(OC(C)C)cc2)cn1. The van der Waals surface area contributed by atoms with Crippen molar-refractivity contribution in [1.82, 2.24) is 15.3 Å². The molecule has 0 fully saturated rings. The van der Waals surface area contributed by atoms with Crippen molar-refractivity contribution >= 4 is 17.4 Å². The van der Waals surface area contributed by atoms with Gasteiger partial charge in [-0.2, -0.15) is 0 Å². The summed E-state index contributed by atoms with van der Waals surface area (Å²) in [4.78, 5) is 20.2. The second-order valence-electron chi connectivity index (χ2n) is 5.71. The molecule has 0 unspecified atom stereocenters. The van der Waals surface area contributed by atoms with E-state index in [9.17, 15) is 4.79 Å². The highest BCUT2D eigenvalue weighted by atomic mass is 16.5. The van der Waals surface area contributed by atoms with Gasteiger partial charge in [-0.1, -0.05) is 13.3 Å². The topological polar surface area (TPSA) is 76.1 Å². The maximum atomic E-state index is 11.9. The molecule has 2 aromatic rings. The molecule has 0 saturated carbocycles. The first-order chi connectivity index (χ1) is 11.6. The molecule has 2 rings (SSSR count). The van der Waals surface area contributed by atoms with Crippen molar-refractivity contribution in [2.45, 2.75) is 39.7 Å². The molecule has 0 saturated heterocycles. The Morgan fingerprint density at radius 1 is 1.17 bits per heavy atom. The number of nitrogens with one attached hydrogen (secondary N) is 2. The normalized spacial score (nSPS) is 10.5. The Kier molecular flexibility index (Phi) is 6.54. The van der Waals surface area contributed by atoms with Crippen LogP contribution in [0.3, 0.4) is 0 Å². The summed E-state index contributed by atoms with van der Waals surface area (Å²) in [6.07, 6.45) is 5.16. The fourth-order valence-corrected chi connectivity index (χ4v) is 2.02. The monoisotopic (exact) mass is 328 g/mol. The predicted octanol–water partition coefficient (Wildman–Crippen LogP) is 3.54. The molecule has 24 heavy (non-hydrogen) atoms. The minimum atomic E-state index is -0.197. The zero-order valence-corrected chi connectivity index (χ0v) is 14.4. The lowest BCUT2D eigenvalue weighted by Gasteiger charge is -2.11. The van der Waals surface area contributed by atoms with Crippen LogP contribution < -0.4 is 15.4 Å². The lowest BCUT2D eigenvalue weighted by molar-refractivity contribution is 0.0948. The molecular weight excluding hydrogens is 304 g/mol. The van der Waals surface area contributed by atoms with Crippen LogP contribution in [0.2, 0.25) is 0 Å². The van der Waals surface area contributed by atoms with E-state index in [2.05, 4.69) is 27.5 Å². The van der Waals surface area contributed by atoms with Crippen molar-refractivity contribution in [3.63, 3.8) is 0 Å². The zero-order chi connectivity index (χ0) is 17.4. The molecule has 2 N–H and O–H groups in total. The van der Waals surface area contributed by atoms with Gasteiger partial charge < -0.3 is 15.4 Å². The standard InChI is InChI=1S/C18H24N4O2/c1-4-5-10-19-18(23)16-11-21-17(12-20-16)22-14-6-8-15(9-7-14)24-13(2)3/h6-9,11-13H,4-5,10H2,1-3H3,(H,19,23)(H,21,22). The summed E-state index contributed by atoms with van der Waals surface area (Å²) < 4.78 is 5.60. The van der Waals surface area contributed by atoms with Gasteiger partial charge in [0.1, 0.15) is 17.3 Å². The molecule has 0 bridgehead atoms. The van der Waals surface area contributed by atoms with E-state index >= 15 is 0 Å². The number of benzene rings is 1. The minimum Gasteiger partial charge on any atom is -0.491 e. The lowest BCUT2D eigenvalue weighted by Crippen LogP contribution is -2.25. The van der Waals surface area contributed by atoms with E-state index in [0.29, 0.717) is 18.1 Å². The Bertz CT molecular complexity index is 639. The number of hydrogen-bond donors (Lipinski definition) is 2. The molecule has 0 radical (unpaired) electrons. The molecule has 0 aliphatic rings. The van der Waals surface area contributed by atoms with Crippen LogP contribution in [0.25, 0.3) is 0 Å². The molecule has 6 heteroatoms. The van der Waals surface area contributed by atoms with Crippen LogP contribution in [-0.4, -0.2) is 28.5 Å².